The summed E-state index contributed by atoms with van der Waals surface area (Å²) in [7, 11) is 0. The van der Waals surface area contributed by atoms with E-state index in [-0.39, 0.29) is 17.5 Å². The molecule has 0 aromatic heterocycles. The van der Waals surface area contributed by atoms with Crippen molar-refractivity contribution < 1.29 is 14.5 Å². The van der Waals surface area contributed by atoms with E-state index in [0.717, 1.165) is 5.69 Å². The van der Waals surface area contributed by atoms with Gasteiger partial charge in [0.05, 0.1) is 15.6 Å². The Morgan fingerprint density at radius 2 is 1.87 bits per heavy atom. The number of nitro groups is 1. The molecule has 2 amide bonds. The van der Waals surface area contributed by atoms with Crippen LogP contribution < -0.4 is 10.2 Å². The first kappa shape index (κ1) is 21.3. The first-order valence-electron chi connectivity index (χ1n) is 9.37. The monoisotopic (exact) mass is 428 g/mol. The van der Waals surface area contributed by atoms with Gasteiger partial charge in [0.15, 0.2) is 0 Å². The number of nitrogens with zero attached hydrogens (tertiary/aromatic N) is 3. The van der Waals surface area contributed by atoms with Gasteiger partial charge in [-0.2, -0.15) is 0 Å². The molecule has 0 spiro atoms. The second-order valence-electron chi connectivity index (χ2n) is 6.83. The maximum atomic E-state index is 12.2. The van der Waals surface area contributed by atoms with Gasteiger partial charge in [0.2, 0.25) is 11.8 Å². The molecule has 0 bridgehead atoms. The van der Waals surface area contributed by atoms with E-state index < -0.39 is 4.92 Å². The molecule has 9 heteroatoms. The first-order valence-corrected chi connectivity index (χ1v) is 9.75. The Morgan fingerprint density at radius 1 is 1.13 bits per heavy atom. The van der Waals surface area contributed by atoms with Crippen molar-refractivity contribution in [3.05, 3.63) is 69.2 Å². The van der Waals surface area contributed by atoms with Crippen LogP contribution in [-0.2, 0) is 9.59 Å². The molecule has 0 atom stereocenters. The highest BCUT2D eigenvalue weighted by Gasteiger charge is 2.20. The number of nitro benzene ring substituents is 1. The number of anilines is 2. The number of halogens is 1. The van der Waals surface area contributed by atoms with E-state index >= 15 is 0 Å². The molecule has 8 nitrogen and oxygen atoms in total. The topological polar surface area (TPSA) is 95.8 Å². The highest BCUT2D eigenvalue weighted by molar-refractivity contribution is 6.33. The summed E-state index contributed by atoms with van der Waals surface area (Å²) in [6, 6.07) is 11.3. The van der Waals surface area contributed by atoms with Crippen molar-refractivity contribution in [1.29, 1.82) is 0 Å². The molecular formula is C21H21ClN4O4. The molecule has 1 fully saturated rings. The number of carbonyl (C=O) groups is 2. The van der Waals surface area contributed by atoms with Gasteiger partial charge in [0, 0.05) is 57.0 Å². The van der Waals surface area contributed by atoms with Gasteiger partial charge in [0.1, 0.15) is 0 Å². The Labute approximate surface area is 178 Å². The second kappa shape index (κ2) is 9.41. The van der Waals surface area contributed by atoms with Crippen molar-refractivity contribution >= 4 is 46.6 Å². The number of hydrogen-bond acceptors (Lipinski definition) is 5. The van der Waals surface area contributed by atoms with Gasteiger partial charge in [-0.25, -0.2) is 0 Å². The summed E-state index contributed by atoms with van der Waals surface area (Å²) in [6.07, 6.45) is 2.81. The molecule has 156 valence electrons. The molecule has 0 aliphatic carbocycles. The lowest BCUT2D eigenvalue weighted by molar-refractivity contribution is -0.384. The van der Waals surface area contributed by atoms with E-state index in [9.17, 15) is 19.7 Å². The molecular weight excluding hydrogens is 408 g/mol. The lowest BCUT2D eigenvalue weighted by Crippen LogP contribution is -2.48. The molecule has 0 radical (unpaired) electrons. The fraction of sp³-hybridized carbons (Fsp3) is 0.238. The standard InChI is InChI=1S/C21H21ClN4O4/c1-15(27)24-9-11-25(12-10-24)20-7-6-17(14-19(20)22)23-21(28)8-5-16-3-2-4-18(13-16)26(29)30/h2-8,13-14H,9-12H2,1H3,(H,23,28)/b8-5+. The van der Waals surface area contributed by atoms with Crippen LogP contribution in [0.3, 0.4) is 0 Å². The summed E-state index contributed by atoms with van der Waals surface area (Å²) >= 11 is 6.41. The van der Waals surface area contributed by atoms with Crippen LogP contribution in [0.25, 0.3) is 6.08 Å². The fourth-order valence-corrected chi connectivity index (χ4v) is 3.50. The third-order valence-electron chi connectivity index (χ3n) is 4.79. The van der Waals surface area contributed by atoms with Crippen LogP contribution in [0, 0.1) is 10.1 Å². The summed E-state index contributed by atoms with van der Waals surface area (Å²) in [4.78, 5) is 37.9. The summed E-state index contributed by atoms with van der Waals surface area (Å²) in [5.74, 6) is -0.308. The van der Waals surface area contributed by atoms with Gasteiger partial charge < -0.3 is 15.1 Å². The van der Waals surface area contributed by atoms with Gasteiger partial charge in [-0.05, 0) is 29.8 Å². The maximum Gasteiger partial charge on any atom is 0.270 e. The smallest absolute Gasteiger partial charge is 0.270 e. The molecule has 0 saturated carbocycles. The zero-order valence-electron chi connectivity index (χ0n) is 16.4. The van der Waals surface area contributed by atoms with Crippen LogP contribution >= 0.6 is 11.6 Å². The Bertz CT molecular complexity index is 1000. The summed E-state index contributed by atoms with van der Waals surface area (Å²) < 4.78 is 0. The van der Waals surface area contributed by atoms with Crippen LogP contribution in [0.5, 0.6) is 0 Å². The first-order chi connectivity index (χ1) is 14.3. The number of amides is 2. The van der Waals surface area contributed by atoms with Crippen LogP contribution in [0.1, 0.15) is 12.5 Å². The summed E-state index contributed by atoms with van der Waals surface area (Å²) in [6.45, 7) is 4.24. The fourth-order valence-electron chi connectivity index (χ4n) is 3.20. The third kappa shape index (κ3) is 5.36. The minimum Gasteiger partial charge on any atom is -0.367 e. The lowest BCUT2D eigenvalue weighted by atomic mass is 10.2. The van der Waals surface area contributed by atoms with Gasteiger partial charge in [-0.1, -0.05) is 23.7 Å². The summed E-state index contributed by atoms with van der Waals surface area (Å²) in [5, 5.41) is 14.1. The minimum absolute atomic E-state index is 0.0379. The second-order valence-corrected chi connectivity index (χ2v) is 7.24. The predicted molar refractivity (Wildman–Crippen MR) is 117 cm³/mol. The van der Waals surface area contributed by atoms with Gasteiger partial charge in [-0.3, -0.25) is 19.7 Å². The molecule has 30 heavy (non-hydrogen) atoms. The van der Waals surface area contributed by atoms with E-state index in [1.54, 1.807) is 36.1 Å². The molecule has 1 heterocycles. The van der Waals surface area contributed by atoms with E-state index in [0.29, 0.717) is 42.5 Å². The zero-order chi connectivity index (χ0) is 21.7. The van der Waals surface area contributed by atoms with Gasteiger partial charge in [0.25, 0.3) is 5.69 Å². The number of nitrogens with one attached hydrogen (secondary N) is 1. The molecule has 2 aromatic rings. The number of piperazine rings is 1. The van der Waals surface area contributed by atoms with Crippen molar-refractivity contribution in [2.75, 3.05) is 36.4 Å². The van der Waals surface area contributed by atoms with Crippen molar-refractivity contribution in [2.45, 2.75) is 6.92 Å². The molecule has 3 rings (SSSR count). The average molecular weight is 429 g/mol. The van der Waals surface area contributed by atoms with Crippen molar-refractivity contribution in [1.82, 2.24) is 4.90 Å². The molecule has 1 aliphatic rings. The zero-order valence-corrected chi connectivity index (χ0v) is 17.1. The van der Waals surface area contributed by atoms with Gasteiger partial charge in [-0.15, -0.1) is 0 Å². The number of rotatable bonds is 5. The molecule has 1 N–H and O–H groups in total. The third-order valence-corrected chi connectivity index (χ3v) is 5.09. The maximum absolute atomic E-state index is 12.2. The van der Waals surface area contributed by atoms with E-state index in [1.165, 1.54) is 24.3 Å². The minimum atomic E-state index is -0.485. The Hall–Kier alpha value is -3.39. The quantitative estimate of drug-likeness (QED) is 0.446. The average Bonchev–Trinajstić information content (AvgIpc) is 2.72. The number of hydrogen-bond donors (Lipinski definition) is 1. The van der Waals surface area contributed by atoms with E-state index in [4.69, 9.17) is 11.6 Å². The van der Waals surface area contributed by atoms with Gasteiger partial charge >= 0.3 is 0 Å². The highest BCUT2D eigenvalue weighted by atomic mass is 35.5. The van der Waals surface area contributed by atoms with Crippen LogP contribution in [0.2, 0.25) is 5.02 Å². The van der Waals surface area contributed by atoms with Crippen molar-refractivity contribution in [2.24, 2.45) is 0 Å². The Balaban J connectivity index is 1.61. The van der Waals surface area contributed by atoms with E-state index in [1.807, 2.05) is 6.07 Å². The molecule has 1 saturated heterocycles. The van der Waals surface area contributed by atoms with Crippen LogP contribution in [0.4, 0.5) is 17.1 Å². The number of benzene rings is 2. The van der Waals surface area contributed by atoms with Crippen LogP contribution in [-0.4, -0.2) is 47.8 Å². The molecule has 0 unspecified atom stereocenters. The SMILES string of the molecule is CC(=O)N1CCN(c2ccc(NC(=O)/C=C/c3cccc([N+](=O)[O-])c3)cc2Cl)CC1. The number of carbonyl (C=O) groups excluding carboxylic acids is 2. The van der Waals surface area contributed by atoms with Crippen molar-refractivity contribution in [3.63, 3.8) is 0 Å². The summed E-state index contributed by atoms with van der Waals surface area (Å²) in [5.41, 5.74) is 1.91. The largest absolute Gasteiger partial charge is 0.367 e. The number of non-ortho nitro benzene ring substituents is 1. The highest BCUT2D eigenvalue weighted by Crippen LogP contribution is 2.29. The lowest BCUT2D eigenvalue weighted by Gasteiger charge is -2.36. The van der Waals surface area contributed by atoms with E-state index in [2.05, 4.69) is 10.2 Å². The molecule has 1 aliphatic heterocycles. The normalized spacial score (nSPS) is 14.1. The molecule has 2 aromatic carbocycles. The Morgan fingerprint density at radius 3 is 2.50 bits per heavy atom. The Kier molecular flexibility index (Phi) is 6.68. The van der Waals surface area contributed by atoms with Crippen LogP contribution in [0.15, 0.2) is 48.5 Å². The predicted octanol–water partition coefficient (Wildman–Crippen LogP) is 3.57. The van der Waals surface area contributed by atoms with Crippen molar-refractivity contribution in [3.8, 4) is 0 Å².